The van der Waals surface area contributed by atoms with E-state index in [0.717, 1.165) is 0 Å². The van der Waals surface area contributed by atoms with Gasteiger partial charge in [-0.05, 0) is 31.5 Å². The number of hydrogen-bond acceptors (Lipinski definition) is 4. The maximum absolute atomic E-state index is 12.2. The highest BCUT2D eigenvalue weighted by atomic mass is 35.5. The fourth-order valence-corrected chi connectivity index (χ4v) is 2.08. The molecule has 8 heteroatoms. The quantitative estimate of drug-likeness (QED) is 0.565. The molecular weight excluding hydrogens is 334 g/mol. The Morgan fingerprint density at radius 3 is 2.46 bits per heavy atom. The van der Waals surface area contributed by atoms with Gasteiger partial charge in [0, 0.05) is 18.3 Å². The molecule has 2 unspecified atom stereocenters. The zero-order valence-corrected chi connectivity index (χ0v) is 14.8. The molecule has 2 atom stereocenters. The van der Waals surface area contributed by atoms with Crippen LogP contribution in [0.3, 0.4) is 0 Å². The van der Waals surface area contributed by atoms with Crippen LogP contribution in [0, 0.1) is 0 Å². The predicted octanol–water partition coefficient (Wildman–Crippen LogP) is 1.64. The van der Waals surface area contributed by atoms with Crippen molar-refractivity contribution in [1.29, 1.82) is 0 Å². The molecule has 4 N–H and O–H groups in total. The van der Waals surface area contributed by atoms with Crippen LogP contribution in [0.1, 0.15) is 37.0 Å². The number of amides is 2. The number of carboxylic acid groups (broad SMARTS) is 1. The Bertz CT molecular complexity index is 580. The minimum absolute atomic E-state index is 0. The monoisotopic (exact) mass is 357 g/mol. The second-order valence-electron chi connectivity index (χ2n) is 5.22. The second kappa shape index (κ2) is 10.6. The Kier molecular flexibility index (Phi) is 9.68. The van der Waals surface area contributed by atoms with Crippen LogP contribution in [0.2, 0.25) is 0 Å². The standard InChI is InChI=1S/C16H23N3O4.ClH/c1-4-6-13(16(22)23)18-10(2)14(20)19-12-8-5-7-11(9-12)15(21)17-3;/h5,7-10,13,18H,4,6H2,1-3H3,(H,17,21)(H,19,20)(H,22,23);1H. The van der Waals surface area contributed by atoms with Crippen LogP contribution in [-0.2, 0) is 9.59 Å². The van der Waals surface area contributed by atoms with E-state index in [1.165, 1.54) is 7.05 Å². The molecular formula is C16H24ClN3O4. The molecule has 0 saturated carbocycles. The summed E-state index contributed by atoms with van der Waals surface area (Å²) < 4.78 is 0. The van der Waals surface area contributed by atoms with Crippen molar-refractivity contribution in [2.75, 3.05) is 12.4 Å². The molecule has 0 fully saturated rings. The first-order chi connectivity index (χ1) is 10.9. The Hall–Kier alpha value is -2.12. The van der Waals surface area contributed by atoms with E-state index in [4.69, 9.17) is 5.11 Å². The smallest absolute Gasteiger partial charge is 0.320 e. The van der Waals surface area contributed by atoms with Crippen molar-refractivity contribution < 1.29 is 19.5 Å². The molecule has 0 heterocycles. The highest BCUT2D eigenvalue weighted by molar-refractivity contribution is 5.98. The molecule has 0 bridgehead atoms. The van der Waals surface area contributed by atoms with Crippen molar-refractivity contribution in [2.24, 2.45) is 0 Å². The summed E-state index contributed by atoms with van der Waals surface area (Å²) in [6.45, 7) is 3.48. The van der Waals surface area contributed by atoms with E-state index in [2.05, 4.69) is 16.0 Å². The third kappa shape index (κ3) is 6.55. The number of carbonyl (C=O) groups excluding carboxylic acids is 2. The first kappa shape index (κ1) is 21.9. The lowest BCUT2D eigenvalue weighted by molar-refractivity contribution is -0.140. The largest absolute Gasteiger partial charge is 0.480 e. The summed E-state index contributed by atoms with van der Waals surface area (Å²) in [5.74, 6) is -1.59. The molecule has 0 saturated heterocycles. The predicted molar refractivity (Wildman–Crippen MR) is 94.6 cm³/mol. The molecule has 1 aromatic rings. The third-order valence-corrected chi connectivity index (χ3v) is 3.34. The van der Waals surface area contributed by atoms with E-state index in [9.17, 15) is 14.4 Å². The summed E-state index contributed by atoms with van der Waals surface area (Å²) in [5, 5.41) is 17.1. The van der Waals surface area contributed by atoms with Crippen LogP contribution < -0.4 is 16.0 Å². The van der Waals surface area contributed by atoms with Gasteiger partial charge in [-0.2, -0.15) is 0 Å². The number of carbonyl (C=O) groups is 3. The summed E-state index contributed by atoms with van der Waals surface area (Å²) in [6.07, 6.45) is 1.14. The van der Waals surface area contributed by atoms with E-state index in [1.807, 2.05) is 6.92 Å². The number of hydrogen-bond donors (Lipinski definition) is 4. The number of carboxylic acids is 1. The fraction of sp³-hybridized carbons (Fsp3) is 0.438. The van der Waals surface area contributed by atoms with Gasteiger partial charge in [0.05, 0.1) is 6.04 Å². The SMILES string of the molecule is CCCC(NC(C)C(=O)Nc1cccc(C(=O)NC)c1)C(=O)O.Cl. The summed E-state index contributed by atoms with van der Waals surface area (Å²) in [4.78, 5) is 34.9. The van der Waals surface area contributed by atoms with Gasteiger partial charge in [-0.3, -0.25) is 19.7 Å². The highest BCUT2D eigenvalue weighted by Crippen LogP contribution is 2.11. The van der Waals surface area contributed by atoms with Crippen molar-refractivity contribution in [2.45, 2.75) is 38.8 Å². The number of anilines is 1. The van der Waals surface area contributed by atoms with E-state index < -0.39 is 18.1 Å². The van der Waals surface area contributed by atoms with Crippen molar-refractivity contribution in [3.05, 3.63) is 29.8 Å². The Balaban J connectivity index is 0.00000529. The van der Waals surface area contributed by atoms with Crippen LogP contribution >= 0.6 is 12.4 Å². The van der Waals surface area contributed by atoms with Gasteiger partial charge >= 0.3 is 5.97 Å². The lowest BCUT2D eigenvalue weighted by Crippen LogP contribution is -2.47. The Morgan fingerprint density at radius 1 is 1.25 bits per heavy atom. The molecule has 134 valence electrons. The molecule has 2 amide bonds. The number of rotatable bonds is 8. The third-order valence-electron chi connectivity index (χ3n) is 3.34. The number of nitrogens with one attached hydrogen (secondary N) is 3. The van der Waals surface area contributed by atoms with E-state index in [1.54, 1.807) is 31.2 Å². The molecule has 7 nitrogen and oxygen atoms in total. The van der Waals surface area contributed by atoms with Gasteiger partial charge in [0.1, 0.15) is 6.04 Å². The maximum atomic E-state index is 12.2. The molecule has 1 aromatic carbocycles. The maximum Gasteiger partial charge on any atom is 0.320 e. The van der Waals surface area contributed by atoms with Crippen molar-refractivity contribution in [1.82, 2.24) is 10.6 Å². The highest BCUT2D eigenvalue weighted by Gasteiger charge is 2.22. The molecule has 0 aliphatic carbocycles. The van der Waals surface area contributed by atoms with Gasteiger partial charge in [0.2, 0.25) is 5.91 Å². The zero-order chi connectivity index (χ0) is 17.4. The summed E-state index contributed by atoms with van der Waals surface area (Å²) in [7, 11) is 1.53. The minimum atomic E-state index is -0.979. The van der Waals surface area contributed by atoms with Gasteiger partial charge in [-0.25, -0.2) is 0 Å². The molecule has 0 aliphatic rings. The summed E-state index contributed by atoms with van der Waals surface area (Å²) >= 11 is 0. The van der Waals surface area contributed by atoms with Crippen molar-refractivity contribution >= 4 is 35.9 Å². The number of halogens is 1. The first-order valence-electron chi connectivity index (χ1n) is 7.50. The van der Waals surface area contributed by atoms with Gasteiger partial charge in [0.25, 0.3) is 5.91 Å². The lowest BCUT2D eigenvalue weighted by Gasteiger charge is -2.19. The van der Waals surface area contributed by atoms with E-state index >= 15 is 0 Å². The second-order valence-corrected chi connectivity index (χ2v) is 5.22. The topological polar surface area (TPSA) is 108 Å². The van der Waals surface area contributed by atoms with E-state index in [0.29, 0.717) is 24.1 Å². The molecule has 0 aliphatic heterocycles. The molecule has 1 rings (SSSR count). The molecule has 0 aromatic heterocycles. The molecule has 24 heavy (non-hydrogen) atoms. The van der Waals surface area contributed by atoms with Crippen LogP contribution in [0.25, 0.3) is 0 Å². The average molecular weight is 358 g/mol. The lowest BCUT2D eigenvalue weighted by atomic mass is 10.1. The number of benzene rings is 1. The average Bonchev–Trinajstić information content (AvgIpc) is 2.53. The van der Waals surface area contributed by atoms with Crippen LogP contribution in [-0.4, -0.2) is 42.0 Å². The summed E-state index contributed by atoms with van der Waals surface area (Å²) in [6, 6.07) is 5.08. The normalized spacial score (nSPS) is 12.5. The zero-order valence-electron chi connectivity index (χ0n) is 14.0. The Morgan fingerprint density at radius 2 is 1.92 bits per heavy atom. The van der Waals surface area contributed by atoms with E-state index in [-0.39, 0.29) is 24.2 Å². The Labute approximate surface area is 147 Å². The fourth-order valence-electron chi connectivity index (χ4n) is 2.08. The van der Waals surface area contributed by atoms with Crippen molar-refractivity contribution in [3.63, 3.8) is 0 Å². The molecule has 0 radical (unpaired) electrons. The van der Waals surface area contributed by atoms with Crippen LogP contribution in [0.5, 0.6) is 0 Å². The molecule has 0 spiro atoms. The van der Waals surface area contributed by atoms with Crippen LogP contribution in [0.4, 0.5) is 5.69 Å². The van der Waals surface area contributed by atoms with Crippen LogP contribution in [0.15, 0.2) is 24.3 Å². The first-order valence-corrected chi connectivity index (χ1v) is 7.50. The number of aliphatic carboxylic acids is 1. The van der Waals surface area contributed by atoms with Gasteiger partial charge < -0.3 is 15.7 Å². The van der Waals surface area contributed by atoms with Crippen molar-refractivity contribution in [3.8, 4) is 0 Å². The van der Waals surface area contributed by atoms with Gasteiger partial charge in [-0.1, -0.05) is 19.4 Å². The summed E-state index contributed by atoms with van der Waals surface area (Å²) in [5.41, 5.74) is 0.910. The minimum Gasteiger partial charge on any atom is -0.480 e. The van der Waals surface area contributed by atoms with Gasteiger partial charge in [0.15, 0.2) is 0 Å². The van der Waals surface area contributed by atoms with Gasteiger partial charge in [-0.15, -0.1) is 12.4 Å².